The molecule has 0 amide bonds. The predicted molar refractivity (Wildman–Crippen MR) is 96.2 cm³/mol. The van der Waals surface area contributed by atoms with Crippen molar-refractivity contribution < 1.29 is 0 Å². The highest BCUT2D eigenvalue weighted by Crippen LogP contribution is 2.19. The Balaban J connectivity index is 1.63. The van der Waals surface area contributed by atoms with Gasteiger partial charge in [-0.2, -0.15) is 9.61 Å². The van der Waals surface area contributed by atoms with Crippen LogP contribution in [-0.4, -0.2) is 35.6 Å². The largest absolute Gasteiger partial charge is 0.364 e. The smallest absolute Gasteiger partial charge is 0.185 e. The van der Waals surface area contributed by atoms with E-state index < -0.39 is 0 Å². The third kappa shape index (κ3) is 2.96. The fourth-order valence-electron chi connectivity index (χ4n) is 2.74. The second kappa shape index (κ2) is 6.35. The Hall–Kier alpha value is -3.22. The Kier molecular flexibility index (Phi) is 3.89. The van der Waals surface area contributed by atoms with Crippen LogP contribution in [-0.2, 0) is 0 Å². The Morgan fingerprint density at radius 1 is 0.960 bits per heavy atom. The number of fused-ring (bicyclic) bond motifs is 1. The van der Waals surface area contributed by atoms with Crippen molar-refractivity contribution in [3.63, 3.8) is 0 Å². The number of benzene rings is 1. The van der Waals surface area contributed by atoms with Crippen LogP contribution in [0.25, 0.3) is 17.0 Å². The molecule has 0 aliphatic heterocycles. The van der Waals surface area contributed by atoms with Crippen molar-refractivity contribution in [1.29, 1.82) is 0 Å². The molecule has 1 N–H and O–H groups in total. The van der Waals surface area contributed by atoms with E-state index in [9.17, 15) is 0 Å². The van der Waals surface area contributed by atoms with Gasteiger partial charge in [0.15, 0.2) is 11.5 Å². The summed E-state index contributed by atoms with van der Waals surface area (Å²) in [4.78, 5) is 0. The summed E-state index contributed by atoms with van der Waals surface area (Å²) in [6, 6.07) is 16.1. The molecule has 0 fully saturated rings. The average Bonchev–Trinajstić information content (AvgIpc) is 3.31. The summed E-state index contributed by atoms with van der Waals surface area (Å²) in [5.41, 5.74) is 1.70. The Morgan fingerprint density at radius 3 is 2.56 bits per heavy atom. The van der Waals surface area contributed by atoms with Gasteiger partial charge in [-0.25, -0.2) is 0 Å². The van der Waals surface area contributed by atoms with Crippen LogP contribution >= 0.6 is 0 Å². The third-order valence-electron chi connectivity index (χ3n) is 4.34. The lowest BCUT2D eigenvalue weighted by Crippen LogP contribution is -2.27. The maximum Gasteiger partial charge on any atom is 0.185 e. The Bertz CT molecular complexity index is 960. The molecule has 0 saturated carbocycles. The summed E-state index contributed by atoms with van der Waals surface area (Å²) in [6.45, 7) is 4.24. The van der Waals surface area contributed by atoms with Gasteiger partial charge in [0.1, 0.15) is 5.82 Å². The molecule has 3 heterocycles. The standard InChI is InChI=1S/C18H19N7/c1-13(14(2)24-12-6-11-19-24)20-16-9-10-17-21-22-18(25(17)23-16)15-7-4-3-5-8-15/h3-14H,1-2H3,(H,20,23)/t13-,14+/m0/s1. The maximum absolute atomic E-state index is 4.67. The highest BCUT2D eigenvalue weighted by molar-refractivity contribution is 5.59. The molecule has 7 nitrogen and oxygen atoms in total. The Labute approximate surface area is 145 Å². The predicted octanol–water partition coefficient (Wildman–Crippen LogP) is 3.05. The van der Waals surface area contributed by atoms with Gasteiger partial charge in [-0.3, -0.25) is 4.68 Å². The van der Waals surface area contributed by atoms with E-state index in [0.717, 1.165) is 22.9 Å². The molecule has 0 bridgehead atoms. The van der Waals surface area contributed by atoms with Gasteiger partial charge in [0.25, 0.3) is 0 Å². The minimum atomic E-state index is 0.154. The lowest BCUT2D eigenvalue weighted by molar-refractivity contribution is 0.442. The van der Waals surface area contributed by atoms with Gasteiger partial charge < -0.3 is 5.32 Å². The van der Waals surface area contributed by atoms with Crippen molar-refractivity contribution in [3.8, 4) is 11.4 Å². The fourth-order valence-corrected chi connectivity index (χ4v) is 2.74. The number of hydrogen-bond donors (Lipinski definition) is 1. The van der Waals surface area contributed by atoms with Crippen molar-refractivity contribution in [2.75, 3.05) is 5.32 Å². The molecule has 0 unspecified atom stereocenters. The molecule has 2 atom stereocenters. The van der Waals surface area contributed by atoms with E-state index >= 15 is 0 Å². The van der Waals surface area contributed by atoms with Gasteiger partial charge in [0.2, 0.25) is 0 Å². The summed E-state index contributed by atoms with van der Waals surface area (Å²) in [6.07, 6.45) is 3.75. The van der Waals surface area contributed by atoms with Crippen LogP contribution in [0.1, 0.15) is 19.9 Å². The van der Waals surface area contributed by atoms with Crippen LogP contribution in [0.15, 0.2) is 60.9 Å². The zero-order valence-electron chi connectivity index (χ0n) is 14.1. The van der Waals surface area contributed by atoms with Crippen LogP contribution in [0.2, 0.25) is 0 Å². The molecule has 126 valence electrons. The van der Waals surface area contributed by atoms with Crippen molar-refractivity contribution in [3.05, 3.63) is 60.9 Å². The molecule has 25 heavy (non-hydrogen) atoms. The highest BCUT2D eigenvalue weighted by Gasteiger charge is 2.16. The lowest BCUT2D eigenvalue weighted by atomic mass is 10.2. The minimum Gasteiger partial charge on any atom is -0.364 e. The van der Waals surface area contributed by atoms with Gasteiger partial charge in [0.05, 0.1) is 6.04 Å². The van der Waals surface area contributed by atoms with E-state index in [1.54, 1.807) is 10.7 Å². The first-order valence-corrected chi connectivity index (χ1v) is 8.26. The fraction of sp³-hybridized carbons (Fsp3) is 0.222. The van der Waals surface area contributed by atoms with Crippen LogP contribution in [0.4, 0.5) is 5.82 Å². The lowest BCUT2D eigenvalue weighted by Gasteiger charge is -2.22. The SMILES string of the molecule is C[C@H](Nc1ccc2nnc(-c3ccccc3)n2n1)[C@@H](C)n1cccn1. The molecule has 1 aromatic carbocycles. The van der Waals surface area contributed by atoms with Gasteiger partial charge in [0, 0.05) is 24.0 Å². The van der Waals surface area contributed by atoms with Gasteiger partial charge in [-0.1, -0.05) is 30.3 Å². The highest BCUT2D eigenvalue weighted by atomic mass is 15.4. The maximum atomic E-state index is 4.67. The number of aromatic nitrogens is 6. The third-order valence-corrected chi connectivity index (χ3v) is 4.34. The van der Waals surface area contributed by atoms with Crippen molar-refractivity contribution in [1.82, 2.24) is 29.6 Å². The van der Waals surface area contributed by atoms with Gasteiger partial charge >= 0.3 is 0 Å². The van der Waals surface area contributed by atoms with E-state index in [1.165, 1.54) is 0 Å². The molecule has 0 aliphatic carbocycles. The molecule has 0 radical (unpaired) electrons. The van der Waals surface area contributed by atoms with Crippen molar-refractivity contribution in [2.24, 2.45) is 0 Å². The number of anilines is 1. The molecule has 3 aromatic heterocycles. The second-order valence-electron chi connectivity index (χ2n) is 6.04. The molecule has 4 rings (SSSR count). The quantitative estimate of drug-likeness (QED) is 0.608. The summed E-state index contributed by atoms with van der Waals surface area (Å²) in [7, 11) is 0. The first-order valence-electron chi connectivity index (χ1n) is 8.26. The zero-order chi connectivity index (χ0) is 17.2. The van der Waals surface area contributed by atoms with E-state index in [1.807, 2.05) is 59.4 Å². The molecular formula is C18H19N7. The van der Waals surface area contributed by atoms with E-state index in [-0.39, 0.29) is 12.1 Å². The number of hydrogen-bond acceptors (Lipinski definition) is 5. The normalized spacial score (nSPS) is 13.7. The van der Waals surface area contributed by atoms with Crippen LogP contribution < -0.4 is 5.32 Å². The summed E-state index contributed by atoms with van der Waals surface area (Å²) in [5.74, 6) is 1.50. The summed E-state index contributed by atoms with van der Waals surface area (Å²) >= 11 is 0. The molecular weight excluding hydrogens is 314 g/mol. The molecule has 0 saturated heterocycles. The summed E-state index contributed by atoms with van der Waals surface area (Å²) < 4.78 is 3.70. The average molecular weight is 333 g/mol. The Morgan fingerprint density at radius 2 is 1.80 bits per heavy atom. The van der Waals surface area contributed by atoms with E-state index in [4.69, 9.17) is 0 Å². The van der Waals surface area contributed by atoms with Crippen LogP contribution in [0.5, 0.6) is 0 Å². The minimum absolute atomic E-state index is 0.154. The van der Waals surface area contributed by atoms with E-state index in [0.29, 0.717) is 0 Å². The first kappa shape index (κ1) is 15.3. The van der Waals surface area contributed by atoms with E-state index in [2.05, 4.69) is 39.6 Å². The second-order valence-corrected chi connectivity index (χ2v) is 6.04. The van der Waals surface area contributed by atoms with Gasteiger partial charge in [-0.15, -0.1) is 15.3 Å². The zero-order valence-corrected chi connectivity index (χ0v) is 14.1. The van der Waals surface area contributed by atoms with Crippen LogP contribution in [0.3, 0.4) is 0 Å². The number of nitrogens with zero attached hydrogens (tertiary/aromatic N) is 6. The number of rotatable bonds is 5. The summed E-state index contributed by atoms with van der Waals surface area (Å²) in [5, 5.41) is 20.9. The molecule has 0 aliphatic rings. The molecule has 7 heteroatoms. The van der Waals surface area contributed by atoms with Crippen molar-refractivity contribution in [2.45, 2.75) is 25.9 Å². The monoisotopic (exact) mass is 333 g/mol. The van der Waals surface area contributed by atoms with Crippen molar-refractivity contribution >= 4 is 11.5 Å². The van der Waals surface area contributed by atoms with Gasteiger partial charge in [-0.05, 0) is 32.0 Å². The molecule has 4 aromatic rings. The number of nitrogens with one attached hydrogen (secondary N) is 1. The molecule has 0 spiro atoms. The van der Waals surface area contributed by atoms with Crippen LogP contribution in [0, 0.1) is 0 Å². The topological polar surface area (TPSA) is 72.9 Å². The first-order chi connectivity index (χ1) is 12.2.